The van der Waals surface area contributed by atoms with Gasteiger partial charge in [0, 0.05) is 12.1 Å². The predicted octanol–water partition coefficient (Wildman–Crippen LogP) is 1.42. The van der Waals surface area contributed by atoms with Gasteiger partial charge in [0.25, 0.3) is 5.69 Å². The van der Waals surface area contributed by atoms with E-state index in [1.54, 1.807) is 0 Å². The number of rotatable bonds is 3. The van der Waals surface area contributed by atoms with Crippen LogP contribution < -0.4 is 5.32 Å². The lowest BCUT2D eigenvalue weighted by Gasteiger charge is -2.14. The van der Waals surface area contributed by atoms with Crippen LogP contribution in [0.2, 0.25) is 0 Å². The Hall–Kier alpha value is -2.15. The van der Waals surface area contributed by atoms with Crippen LogP contribution in [0.3, 0.4) is 0 Å². The summed E-state index contributed by atoms with van der Waals surface area (Å²) in [6, 6.07) is 1.80. The Balaban J connectivity index is 2.60. The number of hydrogen-bond donors (Lipinski definition) is 3. The van der Waals surface area contributed by atoms with Gasteiger partial charge in [-0.3, -0.25) is 10.1 Å². The first kappa shape index (κ1) is 12.3. The van der Waals surface area contributed by atoms with Crippen LogP contribution in [0, 0.1) is 10.1 Å². The van der Waals surface area contributed by atoms with Crippen molar-refractivity contribution in [2.24, 2.45) is 0 Å². The molecule has 96 valence electrons. The van der Waals surface area contributed by atoms with Crippen LogP contribution in [0.15, 0.2) is 12.1 Å². The number of hydrogen-bond acceptors (Lipinski definition) is 5. The zero-order chi connectivity index (χ0) is 13.3. The van der Waals surface area contributed by atoms with E-state index < -0.39 is 16.6 Å². The molecule has 0 spiro atoms. The molecule has 1 aliphatic rings. The molecule has 3 N–H and O–H groups in total. The summed E-state index contributed by atoms with van der Waals surface area (Å²) in [4.78, 5) is 21.2. The molecule has 0 aromatic heterocycles. The molecule has 0 bridgehead atoms. The molecule has 0 unspecified atom stereocenters. The maximum Gasteiger partial charge on any atom is 0.339 e. The molecule has 1 atom stereocenters. The Morgan fingerprint density at radius 1 is 1.50 bits per heavy atom. The zero-order valence-electron chi connectivity index (χ0n) is 9.42. The van der Waals surface area contributed by atoms with Crippen molar-refractivity contribution in [1.29, 1.82) is 0 Å². The number of carboxylic acid groups (broad SMARTS) is 1. The summed E-state index contributed by atoms with van der Waals surface area (Å²) >= 11 is 0. The Labute approximate surface area is 102 Å². The molecular weight excluding hydrogens is 240 g/mol. The smallest absolute Gasteiger partial charge is 0.339 e. The number of nitrogens with one attached hydrogen (secondary N) is 1. The summed E-state index contributed by atoms with van der Waals surface area (Å²) in [7, 11) is 0. The number of nitro benzene ring substituents is 1. The molecule has 0 saturated carbocycles. The summed E-state index contributed by atoms with van der Waals surface area (Å²) in [6.45, 7) is 0.693. The fourth-order valence-electron chi connectivity index (χ4n) is 2.20. The maximum atomic E-state index is 10.9. The molecule has 7 heteroatoms. The number of nitro groups is 1. The van der Waals surface area contributed by atoms with Gasteiger partial charge in [0.15, 0.2) is 0 Å². The topological polar surface area (TPSA) is 113 Å². The first-order chi connectivity index (χ1) is 8.52. The van der Waals surface area contributed by atoms with Crippen molar-refractivity contribution >= 4 is 11.7 Å². The molecule has 0 aliphatic carbocycles. The van der Waals surface area contributed by atoms with E-state index in [9.17, 15) is 20.0 Å². The average molecular weight is 252 g/mol. The third-order valence-corrected chi connectivity index (χ3v) is 3.03. The molecule has 1 aliphatic heterocycles. The molecule has 7 nitrogen and oxygen atoms in total. The largest absolute Gasteiger partial charge is 0.506 e. The van der Waals surface area contributed by atoms with E-state index in [0.717, 1.165) is 18.6 Å². The highest BCUT2D eigenvalue weighted by molar-refractivity contribution is 5.92. The molecule has 0 amide bonds. The first-order valence-corrected chi connectivity index (χ1v) is 5.49. The minimum absolute atomic E-state index is 0.0670. The minimum Gasteiger partial charge on any atom is -0.506 e. The van der Waals surface area contributed by atoms with Crippen molar-refractivity contribution in [2.75, 3.05) is 6.54 Å². The van der Waals surface area contributed by atoms with Crippen molar-refractivity contribution in [3.8, 4) is 5.75 Å². The quantitative estimate of drug-likeness (QED) is 0.554. The van der Waals surface area contributed by atoms with Crippen LogP contribution >= 0.6 is 0 Å². The number of phenols is 1. The van der Waals surface area contributed by atoms with E-state index >= 15 is 0 Å². The lowest BCUT2D eigenvalue weighted by atomic mass is 9.98. The van der Waals surface area contributed by atoms with Gasteiger partial charge >= 0.3 is 5.97 Å². The number of aromatic carboxylic acids is 1. The highest BCUT2D eigenvalue weighted by Gasteiger charge is 2.30. The van der Waals surface area contributed by atoms with E-state index in [1.807, 2.05) is 0 Å². The van der Waals surface area contributed by atoms with E-state index in [4.69, 9.17) is 5.11 Å². The average Bonchev–Trinajstić information content (AvgIpc) is 2.80. The van der Waals surface area contributed by atoms with E-state index in [2.05, 4.69) is 5.32 Å². The van der Waals surface area contributed by atoms with Crippen LogP contribution in [-0.2, 0) is 0 Å². The second kappa shape index (κ2) is 4.61. The second-order valence-corrected chi connectivity index (χ2v) is 4.11. The van der Waals surface area contributed by atoms with E-state index in [0.29, 0.717) is 13.0 Å². The van der Waals surface area contributed by atoms with Crippen LogP contribution in [0.25, 0.3) is 0 Å². The first-order valence-electron chi connectivity index (χ1n) is 5.49. The van der Waals surface area contributed by atoms with Gasteiger partial charge in [0.2, 0.25) is 0 Å². The lowest BCUT2D eigenvalue weighted by molar-refractivity contribution is -0.385. The third kappa shape index (κ3) is 2.00. The highest BCUT2D eigenvalue weighted by Crippen LogP contribution is 2.39. The van der Waals surface area contributed by atoms with Crippen LogP contribution in [0.1, 0.15) is 34.8 Å². The van der Waals surface area contributed by atoms with Crippen molar-refractivity contribution in [1.82, 2.24) is 5.32 Å². The third-order valence-electron chi connectivity index (χ3n) is 3.03. The van der Waals surface area contributed by atoms with Gasteiger partial charge in [0.05, 0.1) is 10.5 Å². The molecule has 1 fully saturated rings. The Morgan fingerprint density at radius 3 is 2.72 bits per heavy atom. The number of carbonyl (C=O) groups is 1. The summed E-state index contributed by atoms with van der Waals surface area (Å²) in [6.07, 6.45) is 1.47. The summed E-state index contributed by atoms with van der Waals surface area (Å²) in [5, 5.41) is 32.8. The van der Waals surface area contributed by atoms with Gasteiger partial charge in [-0.25, -0.2) is 4.79 Å². The van der Waals surface area contributed by atoms with Gasteiger partial charge in [-0.05, 0) is 25.5 Å². The fourth-order valence-corrected chi connectivity index (χ4v) is 2.20. The van der Waals surface area contributed by atoms with Crippen molar-refractivity contribution in [3.63, 3.8) is 0 Å². The van der Waals surface area contributed by atoms with E-state index in [1.165, 1.54) is 0 Å². The minimum atomic E-state index is -1.30. The van der Waals surface area contributed by atoms with Crippen molar-refractivity contribution < 1.29 is 19.9 Å². The predicted molar refractivity (Wildman–Crippen MR) is 61.7 cm³/mol. The van der Waals surface area contributed by atoms with Crippen LogP contribution in [0.5, 0.6) is 5.75 Å². The highest BCUT2D eigenvalue weighted by atomic mass is 16.6. The second-order valence-electron chi connectivity index (χ2n) is 4.11. The maximum absolute atomic E-state index is 10.9. The van der Waals surface area contributed by atoms with Gasteiger partial charge in [-0.1, -0.05) is 0 Å². The molecule has 1 saturated heterocycles. The number of carboxylic acids is 1. The lowest BCUT2D eigenvalue weighted by Crippen LogP contribution is -2.15. The summed E-state index contributed by atoms with van der Waals surface area (Å²) in [5.74, 6) is -1.82. The molecule has 1 aromatic carbocycles. The monoisotopic (exact) mass is 252 g/mol. The van der Waals surface area contributed by atoms with Crippen molar-refractivity contribution in [3.05, 3.63) is 33.4 Å². The Kier molecular flexibility index (Phi) is 3.15. The fraction of sp³-hybridized carbons (Fsp3) is 0.364. The summed E-state index contributed by atoms with van der Waals surface area (Å²) in [5.41, 5.74) is -0.501. The Morgan fingerprint density at radius 2 is 2.22 bits per heavy atom. The van der Waals surface area contributed by atoms with Crippen LogP contribution in [0.4, 0.5) is 5.69 Å². The zero-order valence-corrected chi connectivity index (χ0v) is 9.42. The standard InChI is InChI=1S/C11H12N2O5/c14-10-6(11(15)16)3-4-8(13(17)18)9(10)7-2-1-5-12-7/h3-4,7,12,14H,1-2,5H2,(H,15,16)/t7-/m1/s1. The van der Waals surface area contributed by atoms with Crippen molar-refractivity contribution in [2.45, 2.75) is 18.9 Å². The SMILES string of the molecule is O=C(O)c1ccc([N+](=O)[O-])c([C@H]2CCCN2)c1O. The van der Waals surface area contributed by atoms with Gasteiger partial charge in [-0.15, -0.1) is 0 Å². The molecular formula is C11H12N2O5. The molecule has 0 radical (unpaired) electrons. The summed E-state index contributed by atoms with van der Waals surface area (Å²) < 4.78 is 0. The number of nitrogens with zero attached hydrogens (tertiary/aromatic N) is 1. The van der Waals surface area contributed by atoms with Gasteiger partial charge in [0.1, 0.15) is 11.3 Å². The number of aromatic hydroxyl groups is 1. The molecule has 1 aromatic rings. The van der Waals surface area contributed by atoms with Gasteiger partial charge in [-0.2, -0.15) is 0 Å². The van der Waals surface area contributed by atoms with Crippen LogP contribution in [-0.4, -0.2) is 27.7 Å². The number of benzene rings is 1. The Bertz CT molecular complexity index is 508. The molecule has 2 rings (SSSR count). The molecule has 18 heavy (non-hydrogen) atoms. The normalized spacial score (nSPS) is 18.8. The molecule has 1 heterocycles. The van der Waals surface area contributed by atoms with E-state index in [-0.39, 0.29) is 22.9 Å². The van der Waals surface area contributed by atoms with Gasteiger partial charge < -0.3 is 15.5 Å².